The molecular weight excluding hydrogens is 394 g/mol. The molecule has 3 aromatic rings. The molecule has 168 valence electrons. The van der Waals surface area contributed by atoms with Gasteiger partial charge in [0.05, 0.1) is 25.5 Å². The van der Waals surface area contributed by atoms with E-state index in [1.807, 2.05) is 16.8 Å². The Labute approximate surface area is 183 Å². The van der Waals surface area contributed by atoms with E-state index in [1.54, 1.807) is 27.2 Å². The number of nitrogen functional groups attached to an aromatic ring is 1. The Kier molecular flexibility index (Phi) is 7.29. The third-order valence-electron chi connectivity index (χ3n) is 4.89. The van der Waals surface area contributed by atoms with Crippen LogP contribution in [0.25, 0.3) is 11.0 Å². The van der Waals surface area contributed by atoms with Crippen molar-refractivity contribution >= 4 is 22.8 Å². The number of methoxy groups -OCH3 is 1. The van der Waals surface area contributed by atoms with Crippen molar-refractivity contribution in [1.82, 2.24) is 25.1 Å². The number of rotatable bonds is 11. The highest BCUT2D eigenvalue weighted by Gasteiger charge is 2.15. The Morgan fingerprint density at radius 3 is 2.77 bits per heavy atom. The molecule has 9 nitrogen and oxygen atoms in total. The van der Waals surface area contributed by atoms with Crippen LogP contribution < -0.4 is 21.1 Å². The summed E-state index contributed by atoms with van der Waals surface area (Å²) in [5.74, 6) is 1.70. The van der Waals surface area contributed by atoms with Gasteiger partial charge >= 0.3 is 0 Å². The van der Waals surface area contributed by atoms with Crippen LogP contribution in [0.1, 0.15) is 44.7 Å². The lowest BCUT2D eigenvalue weighted by Crippen LogP contribution is -2.34. The first-order chi connectivity index (χ1) is 14.8. The second-order valence-corrected chi connectivity index (χ2v) is 8.31. The second kappa shape index (κ2) is 9.93. The molecule has 0 aliphatic heterocycles. The quantitative estimate of drug-likeness (QED) is 0.344. The number of ether oxygens (including phenoxy) is 1. The summed E-state index contributed by atoms with van der Waals surface area (Å²) >= 11 is 0. The van der Waals surface area contributed by atoms with Crippen molar-refractivity contribution in [3.63, 3.8) is 0 Å². The minimum atomic E-state index is -0.750. The van der Waals surface area contributed by atoms with Gasteiger partial charge in [-0.15, -0.1) is 0 Å². The number of aromatic nitrogens is 4. The summed E-state index contributed by atoms with van der Waals surface area (Å²) in [6, 6.07) is 6.10. The van der Waals surface area contributed by atoms with Crippen molar-refractivity contribution in [3.8, 4) is 5.75 Å². The molecule has 0 unspecified atom stereocenters. The first kappa shape index (κ1) is 22.8. The molecule has 0 atom stereocenters. The normalized spacial score (nSPS) is 11.8. The second-order valence-electron chi connectivity index (χ2n) is 8.31. The van der Waals surface area contributed by atoms with Gasteiger partial charge in [-0.1, -0.05) is 25.5 Å². The summed E-state index contributed by atoms with van der Waals surface area (Å²) < 4.78 is 7.51. The highest BCUT2D eigenvalue weighted by Crippen LogP contribution is 2.26. The lowest BCUT2D eigenvalue weighted by Gasteiger charge is -2.18. The van der Waals surface area contributed by atoms with Gasteiger partial charge in [-0.25, -0.2) is 4.98 Å². The van der Waals surface area contributed by atoms with Gasteiger partial charge in [-0.3, -0.25) is 4.68 Å². The summed E-state index contributed by atoms with van der Waals surface area (Å²) in [6.07, 6.45) is 3.83. The first-order valence-corrected chi connectivity index (χ1v) is 10.6. The van der Waals surface area contributed by atoms with E-state index >= 15 is 0 Å². The summed E-state index contributed by atoms with van der Waals surface area (Å²) in [6.45, 7) is 8.17. The van der Waals surface area contributed by atoms with Crippen molar-refractivity contribution in [2.45, 2.75) is 52.3 Å². The van der Waals surface area contributed by atoms with Crippen LogP contribution >= 0.6 is 0 Å². The Morgan fingerprint density at radius 2 is 2.06 bits per heavy atom. The average Bonchev–Trinajstić information content (AvgIpc) is 3.10. The maximum Gasteiger partial charge on any atom is 0.222 e. The van der Waals surface area contributed by atoms with E-state index in [-0.39, 0.29) is 5.95 Å². The number of aliphatic hydroxyl groups is 1. The third kappa shape index (κ3) is 6.05. The molecule has 0 saturated carbocycles. The van der Waals surface area contributed by atoms with Crippen LogP contribution in [0.2, 0.25) is 0 Å². The molecule has 0 aliphatic carbocycles. The fourth-order valence-corrected chi connectivity index (χ4v) is 3.35. The minimum Gasteiger partial charge on any atom is -0.496 e. The lowest BCUT2D eigenvalue weighted by atomic mass is 10.1. The van der Waals surface area contributed by atoms with Crippen LogP contribution in [0.15, 0.2) is 24.4 Å². The number of anilines is 2. The summed E-state index contributed by atoms with van der Waals surface area (Å²) in [5, 5.41) is 21.0. The van der Waals surface area contributed by atoms with Gasteiger partial charge in [0.25, 0.3) is 0 Å². The van der Waals surface area contributed by atoms with Crippen molar-refractivity contribution < 1.29 is 9.84 Å². The predicted molar refractivity (Wildman–Crippen MR) is 123 cm³/mol. The molecule has 1 aromatic carbocycles. The monoisotopic (exact) mass is 427 g/mol. The fourth-order valence-electron chi connectivity index (χ4n) is 3.35. The van der Waals surface area contributed by atoms with E-state index in [4.69, 9.17) is 10.5 Å². The van der Waals surface area contributed by atoms with Crippen LogP contribution in [0, 0.1) is 0 Å². The van der Waals surface area contributed by atoms with E-state index in [1.165, 1.54) is 0 Å². The molecule has 3 rings (SSSR count). The van der Waals surface area contributed by atoms with Crippen LogP contribution in [0.5, 0.6) is 5.75 Å². The van der Waals surface area contributed by atoms with Crippen LogP contribution in [-0.4, -0.2) is 50.7 Å². The summed E-state index contributed by atoms with van der Waals surface area (Å²) in [4.78, 5) is 8.71. The smallest absolute Gasteiger partial charge is 0.222 e. The first-order valence-electron chi connectivity index (χ1n) is 10.6. The highest BCUT2D eigenvalue weighted by atomic mass is 16.5. The molecule has 0 amide bonds. The van der Waals surface area contributed by atoms with Gasteiger partial charge in [0.1, 0.15) is 16.8 Å². The maximum atomic E-state index is 9.86. The standard InChI is InChI=1S/C22H33N7O2/c1-5-6-9-25-20-19-17(27-21(23)28-20)12-26-29(19)13-16-8-7-15(10-18(16)31-4)11-24-14-22(2,3)30/h7-8,10,12,24,30H,5-6,9,11,13-14H2,1-4H3,(H3,23,25,27,28). The molecule has 0 radical (unpaired) electrons. The van der Waals surface area contributed by atoms with Crippen molar-refractivity contribution in [2.75, 3.05) is 31.2 Å². The number of nitrogens with zero attached hydrogens (tertiary/aromatic N) is 4. The van der Waals surface area contributed by atoms with Gasteiger partial charge < -0.3 is 26.2 Å². The minimum absolute atomic E-state index is 0.228. The Balaban J connectivity index is 1.83. The van der Waals surface area contributed by atoms with Gasteiger partial charge in [-0.2, -0.15) is 10.1 Å². The molecule has 0 bridgehead atoms. The van der Waals surface area contributed by atoms with Crippen LogP contribution in [-0.2, 0) is 13.1 Å². The van der Waals surface area contributed by atoms with E-state index < -0.39 is 5.60 Å². The van der Waals surface area contributed by atoms with Crippen LogP contribution in [0.3, 0.4) is 0 Å². The van der Waals surface area contributed by atoms with Gasteiger partial charge in [0.15, 0.2) is 5.82 Å². The zero-order valence-electron chi connectivity index (χ0n) is 18.8. The van der Waals surface area contributed by atoms with E-state index in [0.29, 0.717) is 31.0 Å². The number of fused-ring (bicyclic) bond motifs is 1. The third-order valence-corrected chi connectivity index (χ3v) is 4.89. The SMILES string of the molecule is CCCCNc1nc(N)nc2cnn(Cc3ccc(CNCC(C)(C)O)cc3OC)c12. The molecule has 0 fully saturated rings. The van der Waals surface area contributed by atoms with Crippen molar-refractivity contribution in [2.24, 2.45) is 0 Å². The molecule has 0 aliphatic rings. The van der Waals surface area contributed by atoms with E-state index in [2.05, 4.69) is 38.7 Å². The van der Waals surface area contributed by atoms with Gasteiger partial charge in [0.2, 0.25) is 5.95 Å². The zero-order chi connectivity index (χ0) is 22.4. The molecule has 5 N–H and O–H groups in total. The number of nitrogens with two attached hydrogens (primary N) is 1. The molecule has 2 heterocycles. The number of nitrogens with one attached hydrogen (secondary N) is 2. The maximum absolute atomic E-state index is 9.86. The number of hydrogen-bond acceptors (Lipinski definition) is 8. The molecule has 9 heteroatoms. The summed E-state index contributed by atoms with van der Waals surface area (Å²) in [5.41, 5.74) is 8.73. The number of hydrogen-bond donors (Lipinski definition) is 4. The van der Waals surface area contributed by atoms with Crippen molar-refractivity contribution in [1.29, 1.82) is 0 Å². The largest absolute Gasteiger partial charge is 0.496 e. The number of unbranched alkanes of at least 4 members (excludes halogenated alkanes) is 1. The Bertz CT molecular complexity index is 1010. The van der Waals surface area contributed by atoms with Gasteiger partial charge in [0, 0.05) is 25.2 Å². The van der Waals surface area contributed by atoms with E-state index in [0.717, 1.165) is 41.8 Å². The average molecular weight is 428 g/mol. The molecule has 2 aromatic heterocycles. The topological polar surface area (TPSA) is 123 Å². The Morgan fingerprint density at radius 1 is 1.26 bits per heavy atom. The van der Waals surface area contributed by atoms with Crippen molar-refractivity contribution in [3.05, 3.63) is 35.5 Å². The molecule has 31 heavy (non-hydrogen) atoms. The highest BCUT2D eigenvalue weighted by molar-refractivity contribution is 5.86. The molecule has 0 spiro atoms. The van der Waals surface area contributed by atoms with Gasteiger partial charge in [-0.05, 0) is 31.9 Å². The summed E-state index contributed by atoms with van der Waals surface area (Å²) in [7, 11) is 1.66. The Hall–Kier alpha value is -2.91. The molecule has 0 saturated heterocycles. The zero-order valence-corrected chi connectivity index (χ0v) is 18.8. The van der Waals surface area contributed by atoms with Crippen LogP contribution in [0.4, 0.5) is 11.8 Å². The lowest BCUT2D eigenvalue weighted by molar-refractivity contribution is 0.0795. The van der Waals surface area contributed by atoms with E-state index in [9.17, 15) is 5.11 Å². The molecular formula is C22H33N7O2. The fraction of sp³-hybridized carbons (Fsp3) is 0.500. The number of benzene rings is 1. The predicted octanol–water partition coefficient (Wildman–Crippen LogP) is 2.54.